The Kier molecular flexibility index (Phi) is 4.23. The Bertz CT molecular complexity index is 1060. The molecular formula is C26H31N3O2. The third-order valence-electron chi connectivity index (χ3n) is 8.39. The molecule has 6 rings (SSSR count). The highest BCUT2D eigenvalue weighted by Gasteiger charge is 2.62. The standard InChI is InChI=1S/C26H31N3O2/c1-16-11-25(8-7-23(16)30-2)12-19-6-5-18(10-22(19)26(25)15-31-24(27)29-26)21-9-20(13-28-14-21)17-3-4-17/h5-6,9-10,13-14,16-17,23H,3-4,7-8,11-12,15H2,1-2H3,(H2,27,29)/t16-,23-,25-,26-/m0/s1. The van der Waals surface area contributed by atoms with Gasteiger partial charge in [-0.15, -0.1) is 0 Å². The average Bonchev–Trinajstić information content (AvgIpc) is 3.51. The van der Waals surface area contributed by atoms with E-state index in [1.54, 1.807) is 0 Å². The van der Waals surface area contributed by atoms with E-state index in [0.717, 1.165) is 25.7 Å². The molecule has 2 aromatic rings. The molecule has 31 heavy (non-hydrogen) atoms. The minimum atomic E-state index is -0.392. The Labute approximate surface area is 184 Å². The van der Waals surface area contributed by atoms with Crippen LogP contribution in [0.5, 0.6) is 0 Å². The zero-order valence-electron chi connectivity index (χ0n) is 18.4. The van der Waals surface area contributed by atoms with Crippen molar-refractivity contribution in [1.29, 1.82) is 0 Å². The van der Waals surface area contributed by atoms with E-state index in [4.69, 9.17) is 20.2 Å². The molecule has 2 saturated carbocycles. The van der Waals surface area contributed by atoms with Gasteiger partial charge in [-0.1, -0.05) is 19.1 Å². The van der Waals surface area contributed by atoms with Gasteiger partial charge in [0, 0.05) is 30.5 Å². The smallest absolute Gasteiger partial charge is 0.283 e. The van der Waals surface area contributed by atoms with E-state index < -0.39 is 5.54 Å². The summed E-state index contributed by atoms with van der Waals surface area (Å²) >= 11 is 0. The molecule has 2 spiro atoms. The monoisotopic (exact) mass is 417 g/mol. The van der Waals surface area contributed by atoms with Crippen molar-refractivity contribution in [2.45, 2.75) is 63.0 Å². The van der Waals surface area contributed by atoms with Gasteiger partial charge < -0.3 is 15.2 Å². The number of hydrogen-bond acceptors (Lipinski definition) is 5. The van der Waals surface area contributed by atoms with E-state index in [1.165, 1.54) is 40.7 Å². The van der Waals surface area contributed by atoms with Gasteiger partial charge in [0.05, 0.1) is 6.10 Å². The molecule has 2 fully saturated rings. The molecule has 0 bridgehead atoms. The van der Waals surface area contributed by atoms with Gasteiger partial charge in [-0.2, -0.15) is 0 Å². The molecule has 4 atom stereocenters. The first-order valence-electron chi connectivity index (χ1n) is 11.6. The molecule has 5 heteroatoms. The summed E-state index contributed by atoms with van der Waals surface area (Å²) in [4.78, 5) is 9.57. The molecule has 1 aliphatic heterocycles. The van der Waals surface area contributed by atoms with Crippen LogP contribution in [-0.4, -0.2) is 30.8 Å². The van der Waals surface area contributed by atoms with Crippen LogP contribution in [-0.2, 0) is 21.4 Å². The summed E-state index contributed by atoms with van der Waals surface area (Å²) in [6.45, 7) is 2.86. The zero-order chi connectivity index (χ0) is 21.2. The summed E-state index contributed by atoms with van der Waals surface area (Å²) in [7, 11) is 1.84. The van der Waals surface area contributed by atoms with Crippen molar-refractivity contribution < 1.29 is 9.47 Å². The molecule has 4 aliphatic rings. The van der Waals surface area contributed by atoms with Crippen molar-refractivity contribution in [2.75, 3.05) is 13.7 Å². The van der Waals surface area contributed by atoms with E-state index in [2.05, 4.69) is 36.2 Å². The lowest BCUT2D eigenvalue weighted by Crippen LogP contribution is -2.48. The predicted molar refractivity (Wildman–Crippen MR) is 121 cm³/mol. The van der Waals surface area contributed by atoms with Crippen LogP contribution < -0.4 is 5.73 Å². The Morgan fingerprint density at radius 1 is 1.13 bits per heavy atom. The molecule has 0 amide bonds. The second-order valence-electron chi connectivity index (χ2n) is 10.2. The van der Waals surface area contributed by atoms with Gasteiger partial charge in [-0.25, -0.2) is 4.99 Å². The summed E-state index contributed by atoms with van der Waals surface area (Å²) < 4.78 is 11.6. The van der Waals surface area contributed by atoms with Gasteiger partial charge in [0.25, 0.3) is 6.02 Å². The van der Waals surface area contributed by atoms with Crippen molar-refractivity contribution in [3.05, 3.63) is 53.3 Å². The molecule has 0 saturated heterocycles. The maximum atomic E-state index is 6.13. The van der Waals surface area contributed by atoms with Crippen molar-refractivity contribution in [1.82, 2.24) is 4.98 Å². The van der Waals surface area contributed by atoms with Crippen LogP contribution in [0.3, 0.4) is 0 Å². The average molecular weight is 418 g/mol. The van der Waals surface area contributed by atoms with E-state index in [-0.39, 0.29) is 5.41 Å². The minimum absolute atomic E-state index is 0.0393. The number of nitrogens with two attached hydrogens (primary N) is 1. The van der Waals surface area contributed by atoms with E-state index in [9.17, 15) is 0 Å². The Morgan fingerprint density at radius 2 is 2.00 bits per heavy atom. The maximum absolute atomic E-state index is 6.13. The lowest BCUT2D eigenvalue weighted by Gasteiger charge is -2.47. The summed E-state index contributed by atoms with van der Waals surface area (Å²) in [5, 5.41) is 0. The summed E-state index contributed by atoms with van der Waals surface area (Å²) in [6.07, 6.45) is 11.2. The topological polar surface area (TPSA) is 69.7 Å². The number of ether oxygens (including phenoxy) is 2. The number of aromatic nitrogens is 1. The number of amidine groups is 1. The van der Waals surface area contributed by atoms with Crippen LogP contribution in [0.2, 0.25) is 0 Å². The first kappa shape index (κ1) is 19.3. The molecule has 162 valence electrons. The summed E-state index contributed by atoms with van der Waals surface area (Å²) in [5.41, 5.74) is 12.2. The number of nitrogens with zero attached hydrogens (tertiary/aromatic N) is 2. The van der Waals surface area contributed by atoms with Gasteiger partial charge in [-0.05, 0) is 84.7 Å². The van der Waals surface area contributed by atoms with Crippen LogP contribution in [0.1, 0.15) is 61.6 Å². The third kappa shape index (κ3) is 2.85. The predicted octanol–water partition coefficient (Wildman–Crippen LogP) is 4.54. The van der Waals surface area contributed by atoms with Crippen molar-refractivity contribution >= 4 is 6.02 Å². The van der Waals surface area contributed by atoms with E-state index in [0.29, 0.717) is 30.6 Å². The molecule has 3 aliphatic carbocycles. The minimum Gasteiger partial charge on any atom is -0.462 e. The number of rotatable bonds is 3. The molecule has 2 N–H and O–H groups in total. The molecule has 2 heterocycles. The Hall–Kier alpha value is -2.40. The quantitative estimate of drug-likeness (QED) is 0.796. The lowest BCUT2D eigenvalue weighted by atomic mass is 9.59. The van der Waals surface area contributed by atoms with Gasteiger partial charge >= 0.3 is 0 Å². The SMILES string of the molecule is CO[C@H]1CC[C@@]2(Cc3ccc(-c4cncc(C5CC5)c4)cc3[C@@]23COC(N)=N3)C[C@@H]1C. The first-order chi connectivity index (χ1) is 15.0. The van der Waals surface area contributed by atoms with Crippen LogP contribution >= 0.6 is 0 Å². The molecule has 5 nitrogen and oxygen atoms in total. The fourth-order valence-electron chi connectivity index (χ4n) is 6.63. The van der Waals surface area contributed by atoms with Crippen LogP contribution in [0.4, 0.5) is 0 Å². The first-order valence-corrected chi connectivity index (χ1v) is 11.6. The van der Waals surface area contributed by atoms with Crippen molar-refractivity contribution in [3.63, 3.8) is 0 Å². The summed E-state index contributed by atoms with van der Waals surface area (Å²) in [5.74, 6) is 1.18. The largest absolute Gasteiger partial charge is 0.462 e. The highest BCUT2D eigenvalue weighted by molar-refractivity contribution is 5.76. The molecule has 1 aromatic carbocycles. The fraction of sp³-hybridized carbons (Fsp3) is 0.538. The number of benzene rings is 1. The van der Waals surface area contributed by atoms with Crippen LogP contribution in [0.25, 0.3) is 11.1 Å². The van der Waals surface area contributed by atoms with E-state index >= 15 is 0 Å². The highest BCUT2D eigenvalue weighted by atomic mass is 16.5. The number of pyridine rings is 1. The zero-order valence-corrected chi connectivity index (χ0v) is 18.4. The summed E-state index contributed by atoms with van der Waals surface area (Å²) in [6, 6.07) is 9.56. The number of hydrogen-bond donors (Lipinski definition) is 1. The Morgan fingerprint density at radius 3 is 2.71 bits per heavy atom. The van der Waals surface area contributed by atoms with Gasteiger partial charge in [-0.3, -0.25) is 4.98 Å². The lowest BCUT2D eigenvalue weighted by molar-refractivity contribution is -0.0445. The Balaban J connectivity index is 1.44. The van der Waals surface area contributed by atoms with Gasteiger partial charge in [0.1, 0.15) is 12.1 Å². The highest BCUT2D eigenvalue weighted by Crippen LogP contribution is 2.62. The second kappa shape index (κ2) is 6.80. The van der Waals surface area contributed by atoms with E-state index in [1.807, 2.05) is 19.5 Å². The van der Waals surface area contributed by atoms with Crippen LogP contribution in [0.15, 0.2) is 41.7 Å². The third-order valence-corrected chi connectivity index (χ3v) is 8.39. The number of fused-ring (bicyclic) bond motifs is 3. The number of methoxy groups -OCH3 is 1. The van der Waals surface area contributed by atoms with Crippen molar-refractivity contribution in [2.24, 2.45) is 22.1 Å². The molecule has 0 radical (unpaired) electrons. The fourth-order valence-corrected chi connectivity index (χ4v) is 6.63. The van der Waals surface area contributed by atoms with Gasteiger partial charge in [0.2, 0.25) is 0 Å². The second-order valence-corrected chi connectivity index (χ2v) is 10.2. The van der Waals surface area contributed by atoms with Gasteiger partial charge in [0.15, 0.2) is 0 Å². The molecule has 0 unspecified atom stereocenters. The van der Waals surface area contributed by atoms with Crippen molar-refractivity contribution in [3.8, 4) is 11.1 Å². The molecule has 1 aromatic heterocycles. The van der Waals surface area contributed by atoms with Crippen LogP contribution in [0, 0.1) is 11.3 Å². The molecular weight excluding hydrogens is 386 g/mol. The maximum Gasteiger partial charge on any atom is 0.283 e. The normalized spacial score (nSPS) is 34.1. The number of aliphatic imine (C=N–C) groups is 1.